The van der Waals surface area contributed by atoms with E-state index < -0.39 is 10.1 Å². The lowest BCUT2D eigenvalue weighted by atomic mass is 9.97. The van der Waals surface area contributed by atoms with Crippen LogP contribution in [-0.4, -0.2) is 22.8 Å². The van der Waals surface area contributed by atoms with Crippen LogP contribution in [0.5, 0.6) is 0 Å². The molecule has 1 unspecified atom stereocenters. The number of halogens is 3. The molecule has 1 aliphatic carbocycles. The molecule has 30 heavy (non-hydrogen) atoms. The van der Waals surface area contributed by atoms with Gasteiger partial charge in [0.1, 0.15) is 0 Å². The summed E-state index contributed by atoms with van der Waals surface area (Å²) >= 11 is 18.6. The van der Waals surface area contributed by atoms with Crippen LogP contribution in [0.3, 0.4) is 0 Å². The van der Waals surface area contributed by atoms with Gasteiger partial charge in [0.05, 0.1) is 27.5 Å². The highest BCUT2D eigenvalue weighted by atomic mass is 35.5. The molecule has 0 amide bonds. The Bertz CT molecular complexity index is 1250. The fourth-order valence-corrected chi connectivity index (χ4v) is 4.88. The van der Waals surface area contributed by atoms with Crippen molar-refractivity contribution in [3.8, 4) is 5.69 Å². The van der Waals surface area contributed by atoms with Crippen molar-refractivity contribution in [2.45, 2.75) is 25.2 Å². The van der Waals surface area contributed by atoms with E-state index in [1.165, 1.54) is 6.08 Å². The standard InChI is InChI=1S/C21H17Cl3N2O3S/c22-15-3-1-2-13(11-15)10-14-4-6-17-19(8-9-30(27,28)29)25-26(21(14)17)20-7-5-16(23)12-18(20)24/h1-3,5,7-9,11-12,14H,4,6,10H2,(H,27,28,29)/b9-8+. The van der Waals surface area contributed by atoms with Crippen LogP contribution in [0.2, 0.25) is 15.1 Å². The van der Waals surface area contributed by atoms with E-state index in [9.17, 15) is 8.42 Å². The maximum atomic E-state index is 11.2. The van der Waals surface area contributed by atoms with Crippen LogP contribution in [0.1, 0.15) is 34.9 Å². The largest absolute Gasteiger partial charge is 0.287 e. The van der Waals surface area contributed by atoms with Crippen molar-refractivity contribution in [2.75, 3.05) is 0 Å². The second kappa shape index (κ2) is 8.36. The van der Waals surface area contributed by atoms with E-state index >= 15 is 0 Å². The summed E-state index contributed by atoms with van der Waals surface area (Å²) in [5.74, 6) is 0.144. The summed E-state index contributed by atoms with van der Waals surface area (Å²) < 4.78 is 33.2. The molecular weight excluding hydrogens is 467 g/mol. The number of benzene rings is 2. The minimum Gasteiger partial charge on any atom is -0.282 e. The average molecular weight is 484 g/mol. The summed E-state index contributed by atoms with van der Waals surface area (Å²) in [6.07, 6.45) is 3.68. The number of aromatic nitrogens is 2. The number of hydrogen-bond donors (Lipinski definition) is 1. The molecule has 0 aliphatic heterocycles. The van der Waals surface area contributed by atoms with Gasteiger partial charge in [0.15, 0.2) is 0 Å². The van der Waals surface area contributed by atoms with Gasteiger partial charge in [-0.25, -0.2) is 4.68 Å². The Morgan fingerprint density at radius 2 is 1.90 bits per heavy atom. The summed E-state index contributed by atoms with van der Waals surface area (Å²) in [5, 5.41) is 6.97. The first kappa shape index (κ1) is 21.4. The first-order chi connectivity index (χ1) is 14.2. The predicted octanol–water partition coefficient (Wildman–Crippen LogP) is 5.96. The molecule has 3 aromatic rings. The molecular formula is C21H17Cl3N2O3S. The monoisotopic (exact) mass is 482 g/mol. The van der Waals surface area contributed by atoms with Crippen molar-refractivity contribution in [3.63, 3.8) is 0 Å². The molecule has 1 aromatic heterocycles. The molecule has 0 radical (unpaired) electrons. The number of hydrogen-bond acceptors (Lipinski definition) is 3. The van der Waals surface area contributed by atoms with Gasteiger partial charge < -0.3 is 0 Å². The summed E-state index contributed by atoms with van der Waals surface area (Å²) in [4.78, 5) is 0. The van der Waals surface area contributed by atoms with Gasteiger partial charge in [0.2, 0.25) is 0 Å². The lowest BCUT2D eigenvalue weighted by Crippen LogP contribution is -2.08. The molecule has 1 heterocycles. The van der Waals surface area contributed by atoms with Crippen molar-refractivity contribution in [2.24, 2.45) is 0 Å². The van der Waals surface area contributed by atoms with Crippen LogP contribution in [0, 0.1) is 0 Å². The van der Waals surface area contributed by atoms with Gasteiger partial charge in [-0.2, -0.15) is 13.5 Å². The van der Waals surface area contributed by atoms with E-state index in [0.717, 1.165) is 41.5 Å². The van der Waals surface area contributed by atoms with E-state index in [1.807, 2.05) is 24.3 Å². The van der Waals surface area contributed by atoms with Crippen molar-refractivity contribution in [1.29, 1.82) is 0 Å². The highest BCUT2D eigenvalue weighted by Crippen LogP contribution is 2.40. The molecule has 0 bridgehead atoms. The lowest BCUT2D eigenvalue weighted by molar-refractivity contribution is 0.494. The van der Waals surface area contributed by atoms with Crippen LogP contribution in [-0.2, 0) is 23.0 Å². The maximum Gasteiger partial charge on any atom is 0.287 e. The smallest absolute Gasteiger partial charge is 0.282 e. The Kier molecular flexibility index (Phi) is 5.97. The maximum absolute atomic E-state index is 11.2. The molecule has 9 heteroatoms. The molecule has 1 N–H and O–H groups in total. The van der Waals surface area contributed by atoms with Gasteiger partial charge >= 0.3 is 0 Å². The Morgan fingerprint density at radius 1 is 1.13 bits per heavy atom. The van der Waals surface area contributed by atoms with Crippen LogP contribution in [0.25, 0.3) is 11.8 Å². The molecule has 1 aliphatic rings. The van der Waals surface area contributed by atoms with Gasteiger partial charge in [0.25, 0.3) is 10.1 Å². The zero-order valence-corrected chi connectivity index (χ0v) is 18.7. The van der Waals surface area contributed by atoms with Crippen molar-refractivity contribution >= 4 is 51.0 Å². The third-order valence-corrected chi connectivity index (χ3v) is 6.34. The SMILES string of the molecule is O=S(=O)(O)/C=C/c1nn(-c2ccc(Cl)cc2Cl)c2c1CCC2Cc1cccc(Cl)c1. The third-order valence-electron chi connectivity index (χ3n) is 5.09. The van der Waals surface area contributed by atoms with E-state index in [-0.39, 0.29) is 5.92 Å². The van der Waals surface area contributed by atoms with Gasteiger partial charge in [0, 0.05) is 21.5 Å². The first-order valence-electron chi connectivity index (χ1n) is 9.18. The van der Waals surface area contributed by atoms with Gasteiger partial charge in [-0.15, -0.1) is 0 Å². The molecule has 0 fully saturated rings. The first-order valence-corrected chi connectivity index (χ1v) is 11.8. The second-order valence-corrected chi connectivity index (χ2v) is 9.73. The highest BCUT2D eigenvalue weighted by molar-refractivity contribution is 7.88. The number of fused-ring (bicyclic) bond motifs is 1. The Balaban J connectivity index is 1.82. The molecule has 0 spiro atoms. The van der Waals surface area contributed by atoms with Crippen LogP contribution < -0.4 is 0 Å². The summed E-state index contributed by atoms with van der Waals surface area (Å²) in [6.45, 7) is 0. The van der Waals surface area contributed by atoms with Crippen LogP contribution >= 0.6 is 34.8 Å². The van der Waals surface area contributed by atoms with Crippen molar-refractivity contribution < 1.29 is 13.0 Å². The molecule has 0 saturated heterocycles. The molecule has 5 nitrogen and oxygen atoms in total. The number of nitrogens with zero attached hydrogens (tertiary/aromatic N) is 2. The summed E-state index contributed by atoms with van der Waals surface area (Å²) in [6, 6.07) is 12.9. The Labute approximate surface area is 189 Å². The van der Waals surface area contributed by atoms with Gasteiger partial charge in [-0.1, -0.05) is 46.9 Å². The fourth-order valence-electron chi connectivity index (χ4n) is 3.88. The van der Waals surface area contributed by atoms with Crippen LogP contribution in [0.4, 0.5) is 0 Å². The summed E-state index contributed by atoms with van der Waals surface area (Å²) in [5.41, 5.74) is 4.15. The van der Waals surface area contributed by atoms with E-state index in [0.29, 0.717) is 26.4 Å². The summed E-state index contributed by atoms with van der Waals surface area (Å²) in [7, 11) is -4.26. The highest BCUT2D eigenvalue weighted by Gasteiger charge is 2.31. The van der Waals surface area contributed by atoms with Crippen molar-refractivity contribution in [3.05, 3.63) is 85.5 Å². The molecule has 4 rings (SSSR count). The molecule has 0 saturated carbocycles. The van der Waals surface area contributed by atoms with E-state index in [2.05, 4.69) is 5.10 Å². The quantitative estimate of drug-likeness (QED) is 0.454. The van der Waals surface area contributed by atoms with E-state index in [4.69, 9.17) is 39.4 Å². The minimum atomic E-state index is -4.26. The van der Waals surface area contributed by atoms with Gasteiger partial charge in [-0.05, 0) is 61.2 Å². The molecule has 1 atom stereocenters. The second-order valence-electron chi connectivity index (χ2n) is 7.14. The zero-order chi connectivity index (χ0) is 21.5. The normalized spacial score (nSPS) is 16.3. The average Bonchev–Trinajstić information content (AvgIpc) is 3.21. The number of rotatable bonds is 5. The fraction of sp³-hybridized carbons (Fsp3) is 0.190. The molecule has 156 valence electrons. The Hall–Kier alpha value is -1.83. The van der Waals surface area contributed by atoms with Gasteiger partial charge in [-0.3, -0.25) is 4.55 Å². The van der Waals surface area contributed by atoms with Crippen molar-refractivity contribution in [1.82, 2.24) is 9.78 Å². The van der Waals surface area contributed by atoms with Crippen LogP contribution in [0.15, 0.2) is 47.9 Å². The molecule has 2 aromatic carbocycles. The predicted molar refractivity (Wildman–Crippen MR) is 120 cm³/mol. The zero-order valence-electron chi connectivity index (χ0n) is 15.6. The topological polar surface area (TPSA) is 72.2 Å². The minimum absolute atomic E-state index is 0.144. The lowest BCUT2D eigenvalue weighted by Gasteiger charge is -2.15. The van der Waals surface area contributed by atoms with E-state index in [1.54, 1.807) is 22.9 Å². The third kappa shape index (κ3) is 4.58. The Morgan fingerprint density at radius 3 is 2.60 bits per heavy atom.